The smallest absolute Gasteiger partial charge is 0.325 e. The summed E-state index contributed by atoms with van der Waals surface area (Å²) in [6.45, 7) is 10.5. The lowest BCUT2D eigenvalue weighted by molar-refractivity contribution is 0.183. The lowest BCUT2D eigenvalue weighted by atomic mass is 10.2. The summed E-state index contributed by atoms with van der Waals surface area (Å²) in [4.78, 5) is 0. The third kappa shape index (κ3) is 8.24. The molecule has 0 aliphatic rings. The normalized spacial score (nSPS) is 15.2. The van der Waals surface area contributed by atoms with Gasteiger partial charge in [0.05, 0.1) is 0 Å². The van der Waals surface area contributed by atoms with E-state index in [1.165, 1.54) is 12.8 Å². The third-order valence-electron chi connectivity index (χ3n) is 3.01. The lowest BCUT2D eigenvalue weighted by Crippen LogP contribution is -2.33. The van der Waals surface area contributed by atoms with Crippen LogP contribution in [0.25, 0.3) is 0 Å². The van der Waals surface area contributed by atoms with E-state index in [4.69, 9.17) is 8.85 Å². The highest BCUT2D eigenvalue weighted by Crippen LogP contribution is 2.24. The molecule has 0 heterocycles. The summed E-state index contributed by atoms with van der Waals surface area (Å²) in [5, 5.41) is 0.412. The van der Waals surface area contributed by atoms with Gasteiger partial charge in [0.25, 0.3) is 0 Å². The van der Waals surface area contributed by atoms with Gasteiger partial charge < -0.3 is 8.85 Å². The quantitative estimate of drug-likeness (QED) is 0.350. The van der Waals surface area contributed by atoms with E-state index in [9.17, 15) is 0 Å². The largest absolute Gasteiger partial charge is 0.396 e. The van der Waals surface area contributed by atoms with Crippen molar-refractivity contribution in [2.45, 2.75) is 70.6 Å². The maximum absolute atomic E-state index is 5.98. The molecule has 2 nitrogen and oxygen atoms in total. The van der Waals surface area contributed by atoms with E-state index in [2.05, 4.69) is 40.3 Å². The van der Waals surface area contributed by atoms with E-state index in [-0.39, 0.29) is 0 Å². The zero-order valence-electron chi connectivity index (χ0n) is 11.9. The maximum Gasteiger partial charge on any atom is 0.325 e. The van der Waals surface area contributed by atoms with E-state index in [0.717, 1.165) is 32.5 Å². The highest BCUT2D eigenvalue weighted by atomic mass is 32.1. The Kier molecular flexibility index (Phi) is 11.9. The second-order valence-electron chi connectivity index (χ2n) is 4.65. The first-order chi connectivity index (χ1) is 8.17. The molecular weight excluding hydrogens is 248 g/mol. The van der Waals surface area contributed by atoms with Gasteiger partial charge in [-0.3, -0.25) is 0 Å². The molecule has 0 bridgehead atoms. The van der Waals surface area contributed by atoms with E-state index < -0.39 is 9.28 Å². The Morgan fingerprint density at radius 3 is 1.82 bits per heavy atom. The summed E-state index contributed by atoms with van der Waals surface area (Å²) in [7, 11) is -1.54. The summed E-state index contributed by atoms with van der Waals surface area (Å²) < 4.78 is 12.0. The summed E-state index contributed by atoms with van der Waals surface area (Å²) in [6.07, 6.45) is 5.72. The van der Waals surface area contributed by atoms with Crippen LogP contribution in [0.5, 0.6) is 0 Å². The fraction of sp³-hybridized carbons (Fsp3) is 1.00. The Morgan fingerprint density at radius 1 is 1.00 bits per heavy atom. The number of hydrogen-bond acceptors (Lipinski definition) is 3. The van der Waals surface area contributed by atoms with Crippen LogP contribution in [0.1, 0.15) is 59.8 Å². The molecule has 0 aromatic heterocycles. The van der Waals surface area contributed by atoms with Crippen molar-refractivity contribution < 1.29 is 8.85 Å². The average molecular weight is 279 g/mol. The predicted molar refractivity (Wildman–Crippen MR) is 81.4 cm³/mol. The predicted octanol–water partition coefficient (Wildman–Crippen LogP) is 3.94. The van der Waals surface area contributed by atoms with Gasteiger partial charge in [0, 0.05) is 24.0 Å². The second-order valence-corrected chi connectivity index (χ2v) is 7.77. The topological polar surface area (TPSA) is 18.5 Å². The van der Waals surface area contributed by atoms with Crippen LogP contribution in [0.15, 0.2) is 0 Å². The number of hydrogen-bond donors (Lipinski definition) is 1. The van der Waals surface area contributed by atoms with E-state index in [1.54, 1.807) is 0 Å². The molecule has 104 valence electrons. The molecule has 0 saturated carbocycles. The Bertz CT molecular complexity index is 159. The number of thiol groups is 1. The molecular formula is C13H30O2SSi. The molecule has 0 aromatic carbocycles. The molecule has 0 N–H and O–H groups in total. The Balaban J connectivity index is 4.07. The van der Waals surface area contributed by atoms with Crippen molar-refractivity contribution in [3.05, 3.63) is 0 Å². The number of unbranched alkanes of at least 4 members (excludes halogenated alkanes) is 2. The monoisotopic (exact) mass is 278 g/mol. The fourth-order valence-corrected chi connectivity index (χ4v) is 4.15. The molecule has 0 spiro atoms. The molecule has 0 aliphatic heterocycles. The minimum Gasteiger partial charge on any atom is -0.396 e. The SMILES string of the molecule is CCCCO[SiH](OCCCC)C(C)C(S)CC. The minimum atomic E-state index is -1.54. The van der Waals surface area contributed by atoms with Gasteiger partial charge in [-0.05, 0) is 19.3 Å². The van der Waals surface area contributed by atoms with Crippen molar-refractivity contribution in [1.82, 2.24) is 0 Å². The van der Waals surface area contributed by atoms with Crippen molar-refractivity contribution in [3.8, 4) is 0 Å². The summed E-state index contributed by atoms with van der Waals surface area (Å²) in [6, 6.07) is 0. The molecule has 17 heavy (non-hydrogen) atoms. The Hall–Kier alpha value is 0.487. The standard InChI is InChI=1S/C13H30O2SSi/c1-5-8-10-14-17(15-11-9-6-2)12(4)13(16)7-3/h12-13,16-17H,5-11H2,1-4H3. The van der Waals surface area contributed by atoms with Gasteiger partial charge in [0.2, 0.25) is 0 Å². The first-order valence-corrected chi connectivity index (χ1v) is 9.21. The lowest BCUT2D eigenvalue weighted by Gasteiger charge is -2.26. The van der Waals surface area contributed by atoms with Gasteiger partial charge in [-0.2, -0.15) is 12.6 Å². The highest BCUT2D eigenvalue weighted by molar-refractivity contribution is 7.81. The number of rotatable bonds is 11. The molecule has 0 aliphatic carbocycles. The summed E-state index contributed by atoms with van der Waals surface area (Å²) in [5.74, 6) is 0. The zero-order chi connectivity index (χ0) is 13.1. The van der Waals surface area contributed by atoms with Crippen LogP contribution in [-0.4, -0.2) is 27.7 Å². The van der Waals surface area contributed by atoms with Crippen LogP contribution < -0.4 is 0 Å². The third-order valence-corrected chi connectivity index (χ3v) is 6.63. The highest BCUT2D eigenvalue weighted by Gasteiger charge is 2.26. The van der Waals surface area contributed by atoms with Gasteiger partial charge >= 0.3 is 9.28 Å². The first kappa shape index (κ1) is 17.5. The van der Waals surface area contributed by atoms with Gasteiger partial charge in [-0.25, -0.2) is 0 Å². The Morgan fingerprint density at radius 2 is 1.47 bits per heavy atom. The van der Waals surface area contributed by atoms with Crippen LogP contribution in [-0.2, 0) is 8.85 Å². The van der Waals surface area contributed by atoms with Gasteiger partial charge in [0.15, 0.2) is 0 Å². The maximum atomic E-state index is 5.98. The van der Waals surface area contributed by atoms with Crippen LogP contribution in [0.2, 0.25) is 5.54 Å². The summed E-state index contributed by atoms with van der Waals surface area (Å²) >= 11 is 4.63. The van der Waals surface area contributed by atoms with Crippen molar-refractivity contribution in [1.29, 1.82) is 0 Å². The molecule has 2 unspecified atom stereocenters. The average Bonchev–Trinajstić information content (AvgIpc) is 2.35. The van der Waals surface area contributed by atoms with E-state index in [0.29, 0.717) is 10.8 Å². The van der Waals surface area contributed by atoms with Crippen LogP contribution in [0, 0.1) is 0 Å². The molecule has 0 fully saturated rings. The van der Waals surface area contributed by atoms with Crippen molar-refractivity contribution in [2.24, 2.45) is 0 Å². The van der Waals surface area contributed by atoms with Crippen LogP contribution >= 0.6 is 12.6 Å². The summed E-state index contributed by atoms with van der Waals surface area (Å²) in [5.41, 5.74) is 0.483. The van der Waals surface area contributed by atoms with E-state index >= 15 is 0 Å². The fourth-order valence-electron chi connectivity index (χ4n) is 1.59. The van der Waals surface area contributed by atoms with Crippen LogP contribution in [0.3, 0.4) is 0 Å². The molecule has 0 aromatic rings. The molecule has 2 atom stereocenters. The van der Waals surface area contributed by atoms with Crippen molar-refractivity contribution >= 4 is 21.9 Å². The zero-order valence-corrected chi connectivity index (χ0v) is 14.0. The van der Waals surface area contributed by atoms with E-state index in [1.807, 2.05) is 0 Å². The molecule has 0 amide bonds. The molecule has 0 saturated heterocycles. The van der Waals surface area contributed by atoms with Gasteiger partial charge in [-0.15, -0.1) is 0 Å². The van der Waals surface area contributed by atoms with Gasteiger partial charge in [-0.1, -0.05) is 40.5 Å². The minimum absolute atomic E-state index is 0.412. The molecule has 4 heteroatoms. The van der Waals surface area contributed by atoms with Crippen molar-refractivity contribution in [3.63, 3.8) is 0 Å². The van der Waals surface area contributed by atoms with Gasteiger partial charge in [0.1, 0.15) is 0 Å². The first-order valence-electron chi connectivity index (χ1n) is 7.08. The molecule has 0 rings (SSSR count). The Labute approximate surface area is 115 Å². The van der Waals surface area contributed by atoms with Crippen molar-refractivity contribution in [2.75, 3.05) is 13.2 Å². The van der Waals surface area contributed by atoms with Crippen LogP contribution in [0.4, 0.5) is 0 Å². The second kappa shape index (κ2) is 11.6. The molecule has 0 radical (unpaired) electrons.